The van der Waals surface area contributed by atoms with Crippen molar-refractivity contribution in [2.45, 2.75) is 6.42 Å². The van der Waals surface area contributed by atoms with Crippen molar-refractivity contribution < 1.29 is 9.52 Å². The van der Waals surface area contributed by atoms with Crippen LogP contribution in [0.2, 0.25) is 0 Å². The van der Waals surface area contributed by atoms with Gasteiger partial charge in [0.05, 0.1) is 18.1 Å². The van der Waals surface area contributed by atoms with Crippen molar-refractivity contribution in [2.24, 2.45) is 0 Å². The van der Waals surface area contributed by atoms with Crippen molar-refractivity contribution >= 4 is 15.9 Å². The fourth-order valence-corrected chi connectivity index (χ4v) is 3.58. The molecule has 0 aliphatic heterocycles. The highest BCUT2D eigenvalue weighted by Gasteiger charge is 2.24. The summed E-state index contributed by atoms with van der Waals surface area (Å²) >= 11 is 3.47. The van der Waals surface area contributed by atoms with E-state index in [1.807, 2.05) is 66.7 Å². The van der Waals surface area contributed by atoms with Crippen LogP contribution in [0, 0.1) is 11.3 Å². The molecule has 0 radical (unpaired) electrons. The fourth-order valence-electron chi connectivity index (χ4n) is 3.31. The largest absolute Gasteiger partial charge is 0.507 e. The zero-order chi connectivity index (χ0) is 19.5. The molecule has 0 aliphatic carbocycles. The SMILES string of the molecule is N#CCc1c(-c2ccccc2)oc(-c2ccccc2O)c1-c1ccc(Br)cc1. The van der Waals surface area contributed by atoms with Crippen LogP contribution < -0.4 is 0 Å². The Morgan fingerprint density at radius 2 is 1.50 bits per heavy atom. The molecule has 0 saturated carbocycles. The van der Waals surface area contributed by atoms with Gasteiger partial charge in [-0.1, -0.05) is 70.5 Å². The number of phenolic OH excluding ortho intramolecular Hbond substituents is 1. The number of nitrogens with zero attached hydrogens (tertiary/aromatic N) is 1. The molecule has 0 saturated heterocycles. The summed E-state index contributed by atoms with van der Waals surface area (Å²) in [4.78, 5) is 0. The van der Waals surface area contributed by atoms with Gasteiger partial charge in [-0.25, -0.2) is 0 Å². The minimum absolute atomic E-state index is 0.137. The third-order valence-corrected chi connectivity index (χ3v) is 5.11. The molecule has 0 unspecified atom stereocenters. The van der Waals surface area contributed by atoms with E-state index in [9.17, 15) is 10.4 Å². The molecule has 4 aromatic rings. The summed E-state index contributed by atoms with van der Waals surface area (Å²) in [6.07, 6.45) is 0.201. The van der Waals surface area contributed by atoms with Crippen molar-refractivity contribution in [3.63, 3.8) is 0 Å². The second kappa shape index (κ2) is 7.75. The van der Waals surface area contributed by atoms with Crippen molar-refractivity contribution in [3.05, 3.63) is 88.9 Å². The standard InChI is InChI=1S/C24H16BrNO2/c25-18-12-10-16(11-13-18)22-20(14-15-26)23(17-6-2-1-3-7-17)28-24(22)19-8-4-5-9-21(19)27/h1-13,27H,14H2. The first-order chi connectivity index (χ1) is 13.7. The highest BCUT2D eigenvalue weighted by atomic mass is 79.9. The predicted octanol–water partition coefficient (Wildman–Crippen LogP) is 6.81. The van der Waals surface area contributed by atoms with Gasteiger partial charge < -0.3 is 9.52 Å². The second-order valence-electron chi connectivity index (χ2n) is 6.34. The van der Waals surface area contributed by atoms with Gasteiger partial charge in [0.1, 0.15) is 17.3 Å². The van der Waals surface area contributed by atoms with Gasteiger partial charge in [-0.05, 0) is 29.8 Å². The lowest BCUT2D eigenvalue weighted by atomic mass is 9.94. The number of benzene rings is 3. The Bertz CT molecular complexity index is 1160. The van der Waals surface area contributed by atoms with Crippen molar-refractivity contribution in [1.82, 2.24) is 0 Å². The number of nitriles is 1. The Morgan fingerprint density at radius 3 is 2.18 bits per heavy atom. The predicted molar refractivity (Wildman–Crippen MR) is 114 cm³/mol. The third-order valence-electron chi connectivity index (χ3n) is 4.58. The van der Waals surface area contributed by atoms with Crippen molar-refractivity contribution in [1.29, 1.82) is 5.26 Å². The zero-order valence-corrected chi connectivity index (χ0v) is 16.5. The first-order valence-electron chi connectivity index (χ1n) is 8.81. The molecule has 0 fully saturated rings. The number of phenols is 1. The summed E-state index contributed by atoms with van der Waals surface area (Å²) in [6, 6.07) is 26.9. The molecular weight excluding hydrogens is 414 g/mol. The van der Waals surface area contributed by atoms with Gasteiger partial charge in [0.2, 0.25) is 0 Å². The maximum Gasteiger partial charge on any atom is 0.146 e. The molecule has 0 atom stereocenters. The van der Waals surface area contributed by atoms with E-state index in [4.69, 9.17) is 4.42 Å². The molecule has 1 aromatic heterocycles. The number of aromatic hydroxyl groups is 1. The minimum Gasteiger partial charge on any atom is -0.507 e. The molecular formula is C24H16BrNO2. The molecule has 1 N–H and O–H groups in total. The van der Waals surface area contributed by atoms with Crippen LogP contribution >= 0.6 is 15.9 Å². The number of hydrogen-bond acceptors (Lipinski definition) is 3. The summed E-state index contributed by atoms with van der Waals surface area (Å²) in [5.74, 6) is 1.35. The quantitative estimate of drug-likeness (QED) is 0.387. The highest BCUT2D eigenvalue weighted by Crippen LogP contribution is 2.45. The molecule has 1 heterocycles. The molecule has 4 heteroatoms. The van der Waals surface area contributed by atoms with E-state index in [-0.39, 0.29) is 12.2 Å². The summed E-state index contributed by atoms with van der Waals surface area (Å²) < 4.78 is 7.28. The number of rotatable bonds is 4. The maximum absolute atomic E-state index is 10.4. The van der Waals surface area contributed by atoms with Crippen LogP contribution in [0.15, 0.2) is 87.8 Å². The van der Waals surface area contributed by atoms with E-state index in [1.165, 1.54) is 0 Å². The Morgan fingerprint density at radius 1 is 0.821 bits per heavy atom. The van der Waals surface area contributed by atoms with Gasteiger partial charge in [0, 0.05) is 21.2 Å². The third kappa shape index (κ3) is 3.33. The van der Waals surface area contributed by atoms with Crippen LogP contribution in [0.5, 0.6) is 5.75 Å². The first-order valence-corrected chi connectivity index (χ1v) is 9.60. The summed E-state index contributed by atoms with van der Waals surface area (Å²) in [5, 5.41) is 19.9. The van der Waals surface area contributed by atoms with Gasteiger partial charge >= 0.3 is 0 Å². The van der Waals surface area contributed by atoms with E-state index in [1.54, 1.807) is 12.1 Å². The average molecular weight is 430 g/mol. The number of halogens is 1. The molecule has 28 heavy (non-hydrogen) atoms. The average Bonchev–Trinajstić information content (AvgIpc) is 3.09. The Kier molecular flexibility index (Phi) is 5.01. The maximum atomic E-state index is 10.4. The van der Waals surface area contributed by atoms with Crippen molar-refractivity contribution in [3.8, 4) is 45.6 Å². The second-order valence-corrected chi connectivity index (χ2v) is 7.25. The number of para-hydroxylation sites is 1. The number of furan rings is 1. The normalized spacial score (nSPS) is 10.6. The lowest BCUT2D eigenvalue weighted by molar-refractivity contribution is 0.474. The van der Waals surface area contributed by atoms with E-state index in [0.717, 1.165) is 26.7 Å². The molecule has 4 rings (SSSR count). The van der Waals surface area contributed by atoms with Crippen LogP contribution in [0.4, 0.5) is 0 Å². The van der Waals surface area contributed by atoms with Crippen LogP contribution in [-0.4, -0.2) is 5.11 Å². The Hall–Kier alpha value is -3.29. The molecule has 0 spiro atoms. The van der Waals surface area contributed by atoms with Gasteiger partial charge in [0.25, 0.3) is 0 Å². The Labute approximate surface area is 171 Å². The van der Waals surface area contributed by atoms with Gasteiger partial charge in [-0.3, -0.25) is 0 Å². The van der Waals surface area contributed by atoms with E-state index >= 15 is 0 Å². The van der Waals surface area contributed by atoms with Crippen molar-refractivity contribution in [2.75, 3.05) is 0 Å². The molecule has 3 aromatic carbocycles. The molecule has 3 nitrogen and oxygen atoms in total. The van der Waals surface area contributed by atoms with E-state index in [0.29, 0.717) is 17.1 Å². The summed E-state index contributed by atoms with van der Waals surface area (Å²) in [7, 11) is 0. The summed E-state index contributed by atoms with van der Waals surface area (Å²) in [5.41, 5.74) is 4.07. The van der Waals surface area contributed by atoms with E-state index in [2.05, 4.69) is 22.0 Å². The topological polar surface area (TPSA) is 57.2 Å². The van der Waals surface area contributed by atoms with E-state index < -0.39 is 0 Å². The van der Waals surface area contributed by atoms with Gasteiger partial charge in [-0.15, -0.1) is 0 Å². The van der Waals surface area contributed by atoms with Crippen LogP contribution in [-0.2, 0) is 6.42 Å². The first kappa shape index (κ1) is 18.1. The molecule has 0 aliphatic rings. The minimum atomic E-state index is 0.137. The lowest BCUT2D eigenvalue weighted by Gasteiger charge is -2.07. The summed E-state index contributed by atoms with van der Waals surface area (Å²) in [6.45, 7) is 0. The van der Waals surface area contributed by atoms with Gasteiger partial charge in [0.15, 0.2) is 0 Å². The lowest BCUT2D eigenvalue weighted by Crippen LogP contribution is -1.89. The molecule has 136 valence electrons. The smallest absolute Gasteiger partial charge is 0.146 e. The molecule has 0 bridgehead atoms. The van der Waals surface area contributed by atoms with Crippen LogP contribution in [0.3, 0.4) is 0 Å². The highest BCUT2D eigenvalue weighted by molar-refractivity contribution is 9.10. The van der Waals surface area contributed by atoms with Gasteiger partial charge in [-0.2, -0.15) is 5.26 Å². The van der Waals surface area contributed by atoms with Crippen LogP contribution in [0.25, 0.3) is 33.8 Å². The van der Waals surface area contributed by atoms with Crippen LogP contribution in [0.1, 0.15) is 5.56 Å². The monoisotopic (exact) mass is 429 g/mol. The zero-order valence-electron chi connectivity index (χ0n) is 14.9. The number of hydrogen-bond donors (Lipinski definition) is 1. The fraction of sp³-hybridized carbons (Fsp3) is 0.0417. The molecule has 0 amide bonds. The Balaban J connectivity index is 2.06.